The number of aromatic hydroxyl groups is 2. The minimum Gasteiger partial charge on any atom is -0.508 e. The molecule has 4 heteroatoms. The van der Waals surface area contributed by atoms with Gasteiger partial charge in [-0.15, -0.1) is 0 Å². The van der Waals surface area contributed by atoms with E-state index in [1.54, 1.807) is 24.3 Å². The van der Waals surface area contributed by atoms with Crippen molar-refractivity contribution in [3.8, 4) is 11.5 Å². The third-order valence-corrected chi connectivity index (χ3v) is 4.66. The van der Waals surface area contributed by atoms with E-state index in [-0.39, 0.29) is 12.9 Å². The molecular formula is C14H12I2O2. The minimum absolute atomic E-state index is 0.0693. The van der Waals surface area contributed by atoms with Crippen molar-refractivity contribution in [1.82, 2.24) is 0 Å². The summed E-state index contributed by atoms with van der Waals surface area (Å²) in [6.07, 6.45) is 0.860. The first-order valence-corrected chi connectivity index (χ1v) is 7.58. The number of alkyl halides is 2. The van der Waals surface area contributed by atoms with Crippen LogP contribution in [0.3, 0.4) is 0 Å². The van der Waals surface area contributed by atoms with E-state index < -0.39 is 0 Å². The van der Waals surface area contributed by atoms with Gasteiger partial charge in [-0.2, -0.15) is 0 Å². The van der Waals surface area contributed by atoms with Crippen LogP contribution < -0.4 is 0 Å². The summed E-state index contributed by atoms with van der Waals surface area (Å²) >= 11 is 4.82. The number of hydrogen-bond acceptors (Lipinski definition) is 2. The highest BCUT2D eigenvalue weighted by molar-refractivity contribution is 14.2. The average molecular weight is 466 g/mol. The van der Waals surface area contributed by atoms with E-state index in [4.69, 9.17) is 0 Å². The van der Waals surface area contributed by atoms with Crippen molar-refractivity contribution in [2.45, 2.75) is 7.85 Å². The molecule has 0 amide bonds. The van der Waals surface area contributed by atoms with Crippen LogP contribution in [0.25, 0.3) is 0 Å². The van der Waals surface area contributed by atoms with Gasteiger partial charge in [0, 0.05) is 6.42 Å². The maximum atomic E-state index is 9.31. The first-order valence-electron chi connectivity index (χ1n) is 5.43. The molecule has 0 saturated heterocycles. The first kappa shape index (κ1) is 13.9. The Kier molecular flexibility index (Phi) is 4.37. The van der Waals surface area contributed by atoms with E-state index in [2.05, 4.69) is 45.2 Å². The van der Waals surface area contributed by atoms with Crippen LogP contribution in [0, 0.1) is 0 Å². The monoisotopic (exact) mass is 466 g/mol. The molecule has 0 aliphatic heterocycles. The van der Waals surface area contributed by atoms with E-state index in [9.17, 15) is 10.2 Å². The van der Waals surface area contributed by atoms with Crippen molar-refractivity contribution >= 4 is 45.2 Å². The molecule has 0 unspecified atom stereocenters. The van der Waals surface area contributed by atoms with Crippen LogP contribution in [0.15, 0.2) is 48.5 Å². The normalized spacial score (nSPS) is 11.4. The summed E-state index contributed by atoms with van der Waals surface area (Å²) < 4.78 is -0.0693. The second-order valence-corrected chi connectivity index (χ2v) is 9.84. The van der Waals surface area contributed by atoms with E-state index in [1.165, 1.54) is 5.56 Å². The van der Waals surface area contributed by atoms with E-state index in [1.807, 2.05) is 24.3 Å². The number of halogens is 2. The lowest BCUT2D eigenvalue weighted by atomic mass is 10.0. The summed E-state index contributed by atoms with van der Waals surface area (Å²) in [5.41, 5.74) is 2.33. The van der Waals surface area contributed by atoms with E-state index >= 15 is 0 Å². The summed E-state index contributed by atoms with van der Waals surface area (Å²) in [7, 11) is 0. The highest BCUT2D eigenvalue weighted by Gasteiger charge is 2.25. The summed E-state index contributed by atoms with van der Waals surface area (Å²) in [5, 5.41) is 18.6. The fourth-order valence-electron chi connectivity index (χ4n) is 1.68. The van der Waals surface area contributed by atoms with Gasteiger partial charge < -0.3 is 10.2 Å². The molecular weight excluding hydrogens is 454 g/mol. The second kappa shape index (κ2) is 5.64. The lowest BCUT2D eigenvalue weighted by molar-refractivity contribution is 0.474. The Bertz CT molecular complexity index is 518. The Morgan fingerprint density at radius 2 is 1.22 bits per heavy atom. The predicted octanol–water partition coefficient (Wildman–Crippen LogP) is 4.36. The Labute approximate surface area is 133 Å². The van der Waals surface area contributed by atoms with Crippen molar-refractivity contribution in [2.75, 3.05) is 0 Å². The molecule has 0 bridgehead atoms. The highest BCUT2D eigenvalue weighted by atomic mass is 127. The smallest absolute Gasteiger partial charge is 0.115 e. The third-order valence-electron chi connectivity index (χ3n) is 2.65. The number of hydrogen-bond donors (Lipinski definition) is 2. The van der Waals surface area contributed by atoms with Crippen LogP contribution in [-0.4, -0.2) is 10.2 Å². The summed E-state index contributed by atoms with van der Waals surface area (Å²) in [5.74, 6) is 0.572. The zero-order valence-electron chi connectivity index (χ0n) is 9.48. The van der Waals surface area contributed by atoms with Crippen LogP contribution in [0.1, 0.15) is 11.1 Å². The highest BCUT2D eigenvalue weighted by Crippen LogP contribution is 2.42. The molecule has 0 radical (unpaired) electrons. The van der Waals surface area contributed by atoms with Crippen molar-refractivity contribution in [1.29, 1.82) is 0 Å². The predicted molar refractivity (Wildman–Crippen MR) is 89.6 cm³/mol. The van der Waals surface area contributed by atoms with Gasteiger partial charge in [0.25, 0.3) is 0 Å². The molecule has 0 fully saturated rings. The Morgan fingerprint density at radius 1 is 0.778 bits per heavy atom. The zero-order valence-corrected chi connectivity index (χ0v) is 13.8. The van der Waals surface area contributed by atoms with Crippen molar-refractivity contribution in [3.63, 3.8) is 0 Å². The van der Waals surface area contributed by atoms with E-state index in [0.717, 1.165) is 12.0 Å². The first-order chi connectivity index (χ1) is 8.47. The number of phenols is 2. The molecule has 0 aliphatic carbocycles. The molecule has 94 valence electrons. The molecule has 0 atom stereocenters. The van der Waals surface area contributed by atoms with Gasteiger partial charge in [0.05, 0.1) is 0 Å². The standard InChI is InChI=1S/C14H12I2O2/c15-14(16,11-3-7-13(18)8-4-11)9-10-1-5-12(17)6-2-10/h1-8,17-18H,9H2. The molecule has 2 nitrogen and oxygen atoms in total. The molecule has 2 N–H and O–H groups in total. The molecule has 0 heterocycles. The number of phenolic OH excluding ortho intramolecular Hbond substituents is 2. The number of rotatable bonds is 3. The lowest BCUT2D eigenvalue weighted by Crippen LogP contribution is -2.12. The second-order valence-electron chi connectivity index (χ2n) is 4.09. The minimum atomic E-state index is -0.0693. The Hall–Kier alpha value is -0.500. The lowest BCUT2D eigenvalue weighted by Gasteiger charge is -2.21. The summed E-state index contributed by atoms with van der Waals surface area (Å²) in [6.45, 7) is 0. The van der Waals surface area contributed by atoms with Crippen LogP contribution in [0.5, 0.6) is 11.5 Å². The SMILES string of the molecule is Oc1ccc(CC(I)(I)c2ccc(O)cc2)cc1. The third kappa shape index (κ3) is 3.50. The maximum Gasteiger partial charge on any atom is 0.115 e. The van der Waals surface area contributed by atoms with Gasteiger partial charge >= 0.3 is 0 Å². The Morgan fingerprint density at radius 3 is 1.72 bits per heavy atom. The molecule has 2 aromatic rings. The van der Waals surface area contributed by atoms with E-state index in [0.29, 0.717) is 0 Å². The summed E-state index contributed by atoms with van der Waals surface area (Å²) in [6, 6.07) is 14.6. The average Bonchev–Trinajstić information content (AvgIpc) is 2.32. The van der Waals surface area contributed by atoms with Gasteiger partial charge in [0.2, 0.25) is 0 Å². The zero-order chi connectivity index (χ0) is 13.2. The maximum absolute atomic E-state index is 9.31. The molecule has 0 aromatic heterocycles. The molecule has 2 aromatic carbocycles. The van der Waals surface area contributed by atoms with Gasteiger partial charge in [-0.1, -0.05) is 69.4 Å². The van der Waals surface area contributed by atoms with Gasteiger partial charge in [0.15, 0.2) is 0 Å². The largest absolute Gasteiger partial charge is 0.508 e. The van der Waals surface area contributed by atoms with Gasteiger partial charge in [-0.25, -0.2) is 0 Å². The van der Waals surface area contributed by atoms with Crippen LogP contribution >= 0.6 is 45.2 Å². The van der Waals surface area contributed by atoms with Crippen LogP contribution in [0.2, 0.25) is 0 Å². The summed E-state index contributed by atoms with van der Waals surface area (Å²) in [4.78, 5) is 0. The molecule has 18 heavy (non-hydrogen) atoms. The van der Waals surface area contributed by atoms with Gasteiger partial charge in [-0.3, -0.25) is 0 Å². The van der Waals surface area contributed by atoms with Crippen LogP contribution in [0.4, 0.5) is 0 Å². The molecule has 0 saturated carbocycles. The van der Waals surface area contributed by atoms with Crippen molar-refractivity contribution < 1.29 is 10.2 Å². The fraction of sp³-hybridized carbons (Fsp3) is 0.143. The number of benzene rings is 2. The van der Waals surface area contributed by atoms with Gasteiger partial charge in [0.1, 0.15) is 12.9 Å². The van der Waals surface area contributed by atoms with Crippen molar-refractivity contribution in [3.05, 3.63) is 59.7 Å². The fourth-order valence-corrected chi connectivity index (χ4v) is 3.28. The molecule has 0 spiro atoms. The molecule has 2 rings (SSSR count). The topological polar surface area (TPSA) is 40.5 Å². The van der Waals surface area contributed by atoms with Gasteiger partial charge in [-0.05, 0) is 35.4 Å². The van der Waals surface area contributed by atoms with Crippen LogP contribution in [-0.2, 0) is 7.85 Å². The molecule has 0 aliphatic rings. The van der Waals surface area contributed by atoms with Crippen molar-refractivity contribution in [2.24, 2.45) is 0 Å². The quantitative estimate of drug-likeness (QED) is 0.522. The Balaban J connectivity index is 2.20.